The largest absolute Gasteiger partial charge is 0.454 e. The van der Waals surface area contributed by atoms with Gasteiger partial charge in [-0.3, -0.25) is 9.59 Å². The molecule has 3 aromatic rings. The van der Waals surface area contributed by atoms with Crippen molar-refractivity contribution in [2.24, 2.45) is 5.73 Å². The Kier molecular flexibility index (Phi) is 4.29. The molecule has 0 radical (unpaired) electrons. The second-order valence-electron chi connectivity index (χ2n) is 7.66. The third-order valence-electron chi connectivity index (χ3n) is 5.78. The van der Waals surface area contributed by atoms with Crippen molar-refractivity contribution in [2.45, 2.75) is 25.2 Å². The highest BCUT2D eigenvalue weighted by Crippen LogP contribution is 2.51. The number of benzene rings is 2. The number of hydrogen-bond donors (Lipinski definition) is 2. The van der Waals surface area contributed by atoms with E-state index in [-0.39, 0.29) is 14.1 Å². The number of nitrogens with two attached hydrogens (primary N) is 1. The molecule has 1 aliphatic carbocycles. The lowest BCUT2D eigenvalue weighted by atomic mass is 9.94. The number of ether oxygens (including phenoxy) is 2. The van der Waals surface area contributed by atoms with Gasteiger partial charge in [0.2, 0.25) is 12.7 Å². The van der Waals surface area contributed by atoms with E-state index in [0.717, 1.165) is 35.1 Å². The SMILES string of the molecule is Cc1ccc(NC(=O)C2(c3ccc4c(c3)OCO4)CC2)cc1-c1ccsc1C(N)=O.[HH]. The first kappa shape index (κ1) is 18.7. The zero-order chi connectivity index (χ0) is 20.9. The first-order valence-corrected chi connectivity index (χ1v) is 10.6. The molecule has 5 rings (SSSR count). The van der Waals surface area contributed by atoms with Crippen LogP contribution in [0, 0.1) is 6.92 Å². The molecule has 1 aromatic heterocycles. The van der Waals surface area contributed by atoms with E-state index in [1.165, 1.54) is 11.3 Å². The van der Waals surface area contributed by atoms with Crippen molar-refractivity contribution in [1.29, 1.82) is 0 Å². The van der Waals surface area contributed by atoms with Crippen molar-refractivity contribution >= 4 is 28.8 Å². The molecule has 0 saturated heterocycles. The highest BCUT2D eigenvalue weighted by Gasteiger charge is 2.51. The van der Waals surface area contributed by atoms with Gasteiger partial charge in [0.25, 0.3) is 5.91 Å². The summed E-state index contributed by atoms with van der Waals surface area (Å²) in [6, 6.07) is 13.3. The molecular formula is C23H22N2O4S. The molecule has 0 bridgehead atoms. The van der Waals surface area contributed by atoms with Gasteiger partial charge >= 0.3 is 0 Å². The smallest absolute Gasteiger partial charge is 0.259 e. The number of hydrogen-bond acceptors (Lipinski definition) is 5. The topological polar surface area (TPSA) is 90.7 Å². The number of fused-ring (bicyclic) bond motifs is 1. The minimum Gasteiger partial charge on any atom is -0.454 e. The number of anilines is 1. The molecule has 2 aliphatic rings. The fourth-order valence-electron chi connectivity index (χ4n) is 3.92. The van der Waals surface area contributed by atoms with Gasteiger partial charge in [-0.1, -0.05) is 12.1 Å². The molecule has 2 amide bonds. The number of rotatable bonds is 5. The van der Waals surface area contributed by atoms with Crippen LogP contribution in [0.25, 0.3) is 11.1 Å². The Hall–Kier alpha value is -3.32. The fraction of sp³-hybridized carbons (Fsp3) is 0.217. The fourth-order valence-corrected chi connectivity index (χ4v) is 4.68. The number of nitrogens with one attached hydrogen (secondary N) is 1. The summed E-state index contributed by atoms with van der Waals surface area (Å²) in [5.74, 6) is 0.894. The zero-order valence-corrected chi connectivity index (χ0v) is 17.2. The van der Waals surface area contributed by atoms with Gasteiger partial charge in [-0.25, -0.2) is 0 Å². The van der Waals surface area contributed by atoms with Crippen LogP contribution in [-0.2, 0) is 10.2 Å². The van der Waals surface area contributed by atoms with Gasteiger partial charge in [-0.05, 0) is 72.2 Å². The monoisotopic (exact) mass is 422 g/mol. The second kappa shape index (κ2) is 6.88. The van der Waals surface area contributed by atoms with Crippen LogP contribution in [-0.4, -0.2) is 18.6 Å². The molecule has 6 nitrogen and oxygen atoms in total. The average Bonchev–Trinajstić information content (AvgIpc) is 3.18. The van der Waals surface area contributed by atoms with Crippen LogP contribution in [0.15, 0.2) is 47.8 Å². The second-order valence-corrected chi connectivity index (χ2v) is 8.58. The summed E-state index contributed by atoms with van der Waals surface area (Å²) in [4.78, 5) is 25.5. The van der Waals surface area contributed by atoms with E-state index < -0.39 is 11.3 Å². The molecule has 7 heteroatoms. The lowest BCUT2D eigenvalue weighted by molar-refractivity contribution is -0.118. The predicted molar refractivity (Wildman–Crippen MR) is 117 cm³/mol. The molecule has 1 saturated carbocycles. The molecule has 0 spiro atoms. The van der Waals surface area contributed by atoms with Crippen molar-refractivity contribution in [3.8, 4) is 22.6 Å². The summed E-state index contributed by atoms with van der Waals surface area (Å²) in [5.41, 5.74) is 9.27. The summed E-state index contributed by atoms with van der Waals surface area (Å²) in [5, 5.41) is 4.91. The van der Waals surface area contributed by atoms with Crippen LogP contribution >= 0.6 is 11.3 Å². The van der Waals surface area contributed by atoms with Crippen LogP contribution in [0.4, 0.5) is 5.69 Å². The van der Waals surface area contributed by atoms with Crippen molar-refractivity contribution in [2.75, 3.05) is 12.1 Å². The third kappa shape index (κ3) is 3.02. The molecule has 30 heavy (non-hydrogen) atoms. The van der Waals surface area contributed by atoms with Gasteiger partial charge in [0.05, 0.1) is 10.3 Å². The Balaban J connectivity index is 0.00000231. The van der Waals surface area contributed by atoms with Gasteiger partial charge in [0, 0.05) is 12.7 Å². The number of amides is 2. The standard InChI is InChI=1S/C23H20N2O4S.H2/c1-13-2-4-15(11-17(13)16-6-9-30-20(16)21(24)26)25-22(27)23(7-8-23)14-3-5-18-19(10-14)29-12-28-18;/h2-6,9-11H,7-8,12H2,1H3,(H2,24,26)(H,25,27);1H. The Morgan fingerprint density at radius 1 is 1.07 bits per heavy atom. The number of carbonyl (C=O) groups excluding carboxylic acids is 2. The zero-order valence-electron chi connectivity index (χ0n) is 16.4. The Bertz CT molecular complexity index is 1190. The van der Waals surface area contributed by atoms with Gasteiger partial charge in [-0.15, -0.1) is 11.3 Å². The van der Waals surface area contributed by atoms with Crippen LogP contribution in [0.5, 0.6) is 11.5 Å². The van der Waals surface area contributed by atoms with E-state index >= 15 is 0 Å². The number of primary amides is 1. The van der Waals surface area contributed by atoms with Crippen LogP contribution in [0.1, 0.15) is 35.1 Å². The number of aryl methyl sites for hydroxylation is 1. The van der Waals surface area contributed by atoms with Crippen molar-refractivity contribution in [3.05, 3.63) is 63.8 Å². The number of carbonyl (C=O) groups is 2. The highest BCUT2D eigenvalue weighted by molar-refractivity contribution is 7.12. The molecule has 2 aromatic carbocycles. The maximum absolute atomic E-state index is 13.2. The van der Waals surface area contributed by atoms with Crippen molar-refractivity contribution in [1.82, 2.24) is 0 Å². The van der Waals surface area contributed by atoms with Crippen LogP contribution in [0.3, 0.4) is 0 Å². The summed E-state index contributed by atoms with van der Waals surface area (Å²) in [7, 11) is 0. The molecule has 2 heterocycles. The normalized spacial score (nSPS) is 15.6. The molecule has 1 fully saturated rings. The van der Waals surface area contributed by atoms with E-state index in [1.807, 2.05) is 54.8 Å². The van der Waals surface area contributed by atoms with Crippen LogP contribution < -0.4 is 20.5 Å². The highest BCUT2D eigenvalue weighted by atomic mass is 32.1. The maximum atomic E-state index is 13.2. The molecule has 1 aliphatic heterocycles. The lowest BCUT2D eigenvalue weighted by Gasteiger charge is -2.17. The van der Waals surface area contributed by atoms with E-state index in [1.54, 1.807) is 0 Å². The predicted octanol–water partition coefficient (Wildman–Crippen LogP) is 4.47. The summed E-state index contributed by atoms with van der Waals surface area (Å²) in [6.45, 7) is 2.18. The maximum Gasteiger partial charge on any atom is 0.259 e. The van der Waals surface area contributed by atoms with Crippen LogP contribution in [0.2, 0.25) is 0 Å². The quantitative estimate of drug-likeness (QED) is 0.635. The number of thiophene rings is 1. The molecule has 0 atom stereocenters. The minimum absolute atomic E-state index is 0. The van der Waals surface area contributed by atoms with E-state index in [4.69, 9.17) is 15.2 Å². The van der Waals surface area contributed by atoms with Crippen molar-refractivity contribution < 1.29 is 20.5 Å². The molecule has 0 unspecified atom stereocenters. The van der Waals surface area contributed by atoms with Gasteiger partial charge < -0.3 is 20.5 Å². The van der Waals surface area contributed by atoms with E-state index in [2.05, 4.69) is 5.32 Å². The average molecular weight is 423 g/mol. The lowest BCUT2D eigenvalue weighted by Crippen LogP contribution is -2.27. The Labute approximate surface area is 179 Å². The molecular weight excluding hydrogens is 400 g/mol. The summed E-state index contributed by atoms with van der Waals surface area (Å²) < 4.78 is 10.8. The first-order valence-electron chi connectivity index (χ1n) is 9.68. The van der Waals surface area contributed by atoms with E-state index in [9.17, 15) is 9.59 Å². The van der Waals surface area contributed by atoms with E-state index in [0.29, 0.717) is 22.1 Å². The van der Waals surface area contributed by atoms with Gasteiger partial charge in [0.1, 0.15) is 0 Å². The van der Waals surface area contributed by atoms with Gasteiger partial charge in [0.15, 0.2) is 11.5 Å². The first-order chi connectivity index (χ1) is 14.5. The summed E-state index contributed by atoms with van der Waals surface area (Å²) >= 11 is 1.32. The third-order valence-corrected chi connectivity index (χ3v) is 6.71. The Morgan fingerprint density at radius 2 is 1.87 bits per heavy atom. The minimum atomic E-state index is -0.549. The summed E-state index contributed by atoms with van der Waals surface area (Å²) in [6.07, 6.45) is 1.57. The Morgan fingerprint density at radius 3 is 2.63 bits per heavy atom. The molecule has 3 N–H and O–H groups in total. The van der Waals surface area contributed by atoms with Gasteiger partial charge in [-0.2, -0.15) is 0 Å². The molecule has 154 valence electrons. The van der Waals surface area contributed by atoms with Crippen molar-refractivity contribution in [3.63, 3.8) is 0 Å².